The van der Waals surface area contributed by atoms with Gasteiger partial charge in [-0.2, -0.15) is 13.2 Å². The summed E-state index contributed by atoms with van der Waals surface area (Å²) in [5.74, 6) is 1.84. The molecule has 1 fully saturated rings. The molecule has 1 aromatic heterocycles. The molecular weight excluding hydrogens is 457 g/mol. The van der Waals surface area contributed by atoms with Gasteiger partial charge in [-0.1, -0.05) is 31.6 Å². The highest BCUT2D eigenvalue weighted by Gasteiger charge is 2.42. The van der Waals surface area contributed by atoms with Gasteiger partial charge in [-0.15, -0.1) is 11.3 Å². The van der Waals surface area contributed by atoms with Gasteiger partial charge in [0.2, 0.25) is 5.91 Å². The summed E-state index contributed by atoms with van der Waals surface area (Å²) >= 11 is 0.890. The highest BCUT2D eigenvalue weighted by Crippen LogP contribution is 2.34. The van der Waals surface area contributed by atoms with E-state index in [1.165, 1.54) is 6.07 Å². The Morgan fingerprint density at radius 3 is 2.39 bits per heavy atom. The number of nitrogens with zero attached hydrogens (tertiary/aromatic N) is 1. The second-order valence-corrected chi connectivity index (χ2v) is 10.3. The van der Waals surface area contributed by atoms with Crippen LogP contribution in [0.25, 0.3) is 0 Å². The Morgan fingerprint density at radius 2 is 1.82 bits per heavy atom. The maximum Gasteiger partial charge on any atom is 0.472 e. The van der Waals surface area contributed by atoms with Gasteiger partial charge in [0.15, 0.2) is 0 Å². The Hall–Kier alpha value is -2.54. The number of halogens is 3. The Balaban J connectivity index is 2.55. The van der Waals surface area contributed by atoms with Crippen LogP contribution in [-0.2, 0) is 14.3 Å². The highest BCUT2D eigenvalue weighted by molar-refractivity contribution is 7.15. The summed E-state index contributed by atoms with van der Waals surface area (Å²) < 4.78 is 44.0. The van der Waals surface area contributed by atoms with Gasteiger partial charge in [-0.25, -0.2) is 9.80 Å². The fourth-order valence-electron chi connectivity index (χ4n) is 3.41. The molecule has 6 nitrogen and oxygen atoms in total. The Labute approximate surface area is 195 Å². The normalized spacial score (nSPS) is 19.0. The van der Waals surface area contributed by atoms with Crippen molar-refractivity contribution in [2.75, 3.05) is 12.1 Å². The van der Waals surface area contributed by atoms with Crippen LogP contribution in [0.15, 0.2) is 6.07 Å². The molecule has 0 aromatic carbocycles. The fraction of sp³-hybridized carbons (Fsp3) is 0.609. The van der Waals surface area contributed by atoms with E-state index in [0.29, 0.717) is 28.6 Å². The molecule has 1 heterocycles. The second-order valence-electron chi connectivity index (χ2n) is 9.24. The van der Waals surface area contributed by atoms with E-state index in [0.717, 1.165) is 37.7 Å². The quantitative estimate of drug-likeness (QED) is 0.280. The lowest BCUT2D eigenvalue weighted by atomic mass is 9.97. The largest absolute Gasteiger partial charge is 0.472 e. The zero-order valence-electron chi connectivity index (χ0n) is 19.4. The molecule has 0 spiro atoms. The summed E-state index contributed by atoms with van der Waals surface area (Å²) in [5, 5.41) is 0.557. The van der Waals surface area contributed by atoms with Crippen molar-refractivity contribution in [1.29, 1.82) is 0 Å². The van der Waals surface area contributed by atoms with Crippen molar-refractivity contribution in [3.63, 3.8) is 0 Å². The number of hydrazine groups is 1. The van der Waals surface area contributed by atoms with Gasteiger partial charge in [-0.3, -0.25) is 15.0 Å². The number of esters is 1. The number of alkyl halides is 3. The Kier molecular flexibility index (Phi) is 8.57. The lowest BCUT2D eigenvalue weighted by Crippen LogP contribution is -2.53. The number of ether oxygens (including phenoxy) is 1. The van der Waals surface area contributed by atoms with E-state index in [9.17, 15) is 27.6 Å². The number of methoxy groups -OCH3 is 1. The molecule has 1 aromatic rings. The molecule has 2 atom stereocenters. The number of hydrogen-bond acceptors (Lipinski definition) is 5. The minimum absolute atomic E-state index is 0.117. The minimum Gasteiger partial charge on any atom is -0.465 e. The smallest absolute Gasteiger partial charge is 0.465 e. The fourth-order valence-corrected chi connectivity index (χ4v) is 4.33. The molecule has 2 unspecified atom stereocenters. The van der Waals surface area contributed by atoms with Gasteiger partial charge in [0.05, 0.1) is 17.7 Å². The van der Waals surface area contributed by atoms with Crippen LogP contribution in [0.5, 0.6) is 0 Å². The van der Waals surface area contributed by atoms with Crippen LogP contribution in [-0.4, -0.2) is 31.1 Å². The van der Waals surface area contributed by atoms with E-state index in [4.69, 9.17) is 4.74 Å². The monoisotopic (exact) mass is 486 g/mol. The molecule has 2 rings (SSSR count). The van der Waals surface area contributed by atoms with Gasteiger partial charge in [-0.05, 0) is 52.0 Å². The molecule has 33 heavy (non-hydrogen) atoms. The van der Waals surface area contributed by atoms with Gasteiger partial charge in [0, 0.05) is 11.3 Å². The van der Waals surface area contributed by atoms with Crippen molar-refractivity contribution in [1.82, 2.24) is 5.43 Å². The van der Waals surface area contributed by atoms with E-state index in [-0.39, 0.29) is 16.0 Å². The lowest BCUT2D eigenvalue weighted by Gasteiger charge is -2.27. The van der Waals surface area contributed by atoms with Crippen LogP contribution in [0.2, 0.25) is 0 Å². The maximum atomic E-state index is 13.4. The minimum atomic E-state index is -5.22. The molecule has 1 aliphatic carbocycles. The third-order valence-corrected chi connectivity index (χ3v) is 6.20. The molecule has 0 radical (unpaired) electrons. The van der Waals surface area contributed by atoms with Crippen LogP contribution < -0.4 is 10.4 Å². The number of thiophene rings is 1. The van der Waals surface area contributed by atoms with Crippen molar-refractivity contribution in [2.24, 2.45) is 17.3 Å². The number of anilines is 1. The molecule has 0 bridgehead atoms. The van der Waals surface area contributed by atoms with Crippen LogP contribution in [0.3, 0.4) is 0 Å². The summed E-state index contributed by atoms with van der Waals surface area (Å²) in [7, 11) is 1.12. The standard InChI is InChI=1S/C23H29F3N2O4S/c1-14-7-6-8-15(10-9-14)19(29)28(27-21(31)23(24,25)26)17-13-16(11-12-22(2,3)4)33-18(17)20(30)32-5/h13-15H,6-10H2,1-5H3,(H,27,31). The predicted molar refractivity (Wildman–Crippen MR) is 119 cm³/mol. The summed E-state index contributed by atoms with van der Waals surface area (Å²) in [6.45, 7) is 7.69. The molecule has 0 aliphatic heterocycles. The van der Waals surface area contributed by atoms with Crippen molar-refractivity contribution in [2.45, 2.75) is 66.0 Å². The first kappa shape index (κ1) is 26.7. The van der Waals surface area contributed by atoms with Crippen molar-refractivity contribution < 1.29 is 32.3 Å². The number of amides is 2. The van der Waals surface area contributed by atoms with Crippen LogP contribution >= 0.6 is 11.3 Å². The predicted octanol–water partition coefficient (Wildman–Crippen LogP) is 5.08. The number of hydrogen-bond donors (Lipinski definition) is 1. The van der Waals surface area contributed by atoms with E-state index in [1.807, 2.05) is 20.8 Å². The van der Waals surface area contributed by atoms with Crippen molar-refractivity contribution in [3.8, 4) is 11.8 Å². The third-order valence-electron chi connectivity index (χ3n) is 5.18. The molecule has 2 amide bonds. The molecule has 0 saturated heterocycles. The first-order chi connectivity index (χ1) is 15.2. The van der Waals surface area contributed by atoms with Crippen LogP contribution in [0.1, 0.15) is 74.3 Å². The van der Waals surface area contributed by atoms with Crippen LogP contribution in [0, 0.1) is 29.1 Å². The average molecular weight is 487 g/mol. The van der Waals surface area contributed by atoms with Gasteiger partial charge in [0.25, 0.3) is 0 Å². The molecule has 1 aliphatic rings. The maximum absolute atomic E-state index is 13.4. The number of carbonyl (C=O) groups is 3. The lowest BCUT2D eigenvalue weighted by molar-refractivity contribution is -0.174. The molecule has 1 saturated carbocycles. The average Bonchev–Trinajstić information content (AvgIpc) is 3.02. The third kappa shape index (κ3) is 7.49. The Morgan fingerprint density at radius 1 is 1.15 bits per heavy atom. The second kappa shape index (κ2) is 10.6. The van der Waals surface area contributed by atoms with Crippen molar-refractivity contribution >= 4 is 34.8 Å². The summed E-state index contributed by atoms with van der Waals surface area (Å²) in [6.07, 6.45) is -1.85. The zero-order chi connectivity index (χ0) is 25.0. The SMILES string of the molecule is COC(=O)c1sc(C#CC(C)(C)C)cc1N(NC(=O)C(F)(F)F)C(=O)C1CCCC(C)CC1. The molecule has 182 valence electrons. The first-order valence-corrected chi connectivity index (χ1v) is 11.5. The zero-order valence-corrected chi connectivity index (χ0v) is 20.2. The van der Waals surface area contributed by atoms with E-state index in [2.05, 4.69) is 18.8 Å². The Bertz CT molecular complexity index is 954. The molecule has 10 heteroatoms. The van der Waals surface area contributed by atoms with E-state index in [1.54, 1.807) is 5.43 Å². The number of rotatable bonds is 3. The summed E-state index contributed by atoms with van der Waals surface area (Å²) in [4.78, 5) is 37.8. The molecule has 1 N–H and O–H groups in total. The van der Waals surface area contributed by atoms with Crippen molar-refractivity contribution in [3.05, 3.63) is 15.8 Å². The van der Waals surface area contributed by atoms with E-state index < -0.39 is 29.9 Å². The molecular formula is C23H29F3N2O4S. The van der Waals surface area contributed by atoms with Gasteiger partial charge >= 0.3 is 18.1 Å². The summed E-state index contributed by atoms with van der Waals surface area (Å²) in [6, 6.07) is 1.34. The van der Waals surface area contributed by atoms with Crippen LogP contribution in [0.4, 0.5) is 18.9 Å². The van der Waals surface area contributed by atoms with E-state index >= 15 is 0 Å². The van der Waals surface area contributed by atoms with Gasteiger partial charge < -0.3 is 4.74 Å². The topological polar surface area (TPSA) is 75.7 Å². The number of nitrogens with one attached hydrogen (secondary N) is 1. The number of carbonyl (C=O) groups excluding carboxylic acids is 3. The van der Waals surface area contributed by atoms with Gasteiger partial charge in [0.1, 0.15) is 4.88 Å². The first-order valence-electron chi connectivity index (χ1n) is 10.7. The highest BCUT2D eigenvalue weighted by atomic mass is 32.1. The summed E-state index contributed by atoms with van der Waals surface area (Å²) in [5.41, 5.74) is 1.13.